The molecule has 1 aliphatic rings. The molecule has 1 amide bonds. The van der Waals surface area contributed by atoms with E-state index in [0.29, 0.717) is 17.1 Å². The minimum absolute atomic E-state index is 0.155. The lowest BCUT2D eigenvalue weighted by molar-refractivity contribution is 0.0956. The van der Waals surface area contributed by atoms with Gasteiger partial charge in [0.25, 0.3) is 5.91 Å². The molecule has 0 unspecified atom stereocenters. The molecule has 3 aromatic rings. The zero-order chi connectivity index (χ0) is 16.5. The van der Waals surface area contributed by atoms with Crippen LogP contribution in [0, 0.1) is 0 Å². The number of anilines is 1. The summed E-state index contributed by atoms with van der Waals surface area (Å²) in [6.45, 7) is 0.435. The van der Waals surface area contributed by atoms with Gasteiger partial charge in [0.1, 0.15) is 9.71 Å². The van der Waals surface area contributed by atoms with E-state index in [9.17, 15) is 4.79 Å². The summed E-state index contributed by atoms with van der Waals surface area (Å²) in [5.74, 6) is -0.155. The van der Waals surface area contributed by atoms with Crippen molar-refractivity contribution in [2.24, 2.45) is 0 Å². The van der Waals surface area contributed by atoms with Crippen LogP contribution in [-0.2, 0) is 19.4 Å². The second kappa shape index (κ2) is 6.20. The number of pyridine rings is 2. The lowest BCUT2D eigenvalue weighted by Crippen LogP contribution is -2.22. The highest BCUT2D eigenvalue weighted by atomic mass is 32.1. The van der Waals surface area contributed by atoms with Gasteiger partial charge in [0.2, 0.25) is 0 Å². The molecule has 3 aromatic heterocycles. The third-order valence-corrected chi connectivity index (χ3v) is 5.50. The Morgan fingerprint density at radius 1 is 1.33 bits per heavy atom. The maximum atomic E-state index is 12.5. The van der Waals surface area contributed by atoms with Crippen LogP contribution in [0.2, 0.25) is 0 Å². The van der Waals surface area contributed by atoms with Gasteiger partial charge >= 0.3 is 0 Å². The van der Waals surface area contributed by atoms with Gasteiger partial charge in [-0.3, -0.25) is 9.78 Å². The Morgan fingerprint density at radius 3 is 3.04 bits per heavy atom. The van der Waals surface area contributed by atoms with Gasteiger partial charge in [-0.15, -0.1) is 11.3 Å². The third kappa shape index (κ3) is 2.73. The molecule has 1 aliphatic carbocycles. The molecule has 0 bridgehead atoms. The smallest absolute Gasteiger partial charge is 0.263 e. The van der Waals surface area contributed by atoms with Crippen molar-refractivity contribution in [3.8, 4) is 0 Å². The number of fused-ring (bicyclic) bond motifs is 2. The fourth-order valence-electron chi connectivity index (χ4n) is 3.09. The van der Waals surface area contributed by atoms with E-state index in [0.717, 1.165) is 34.3 Å². The van der Waals surface area contributed by atoms with E-state index in [1.54, 1.807) is 12.4 Å². The molecular formula is C18H18N4OS. The van der Waals surface area contributed by atoms with Gasteiger partial charge in [-0.05, 0) is 48.9 Å². The van der Waals surface area contributed by atoms with Crippen molar-refractivity contribution in [1.82, 2.24) is 15.3 Å². The number of nitrogen functional groups attached to an aromatic ring is 1. The first-order chi connectivity index (χ1) is 11.7. The SMILES string of the molecule is Nc1c(C(=O)NCc2cccnc2)sc2nc3c(cc12)CCCC3. The molecule has 3 heterocycles. The number of nitrogens with two attached hydrogens (primary N) is 1. The van der Waals surface area contributed by atoms with E-state index in [-0.39, 0.29) is 5.91 Å². The predicted octanol–water partition coefficient (Wildman–Crippen LogP) is 3.08. The second-order valence-electron chi connectivity index (χ2n) is 6.04. The van der Waals surface area contributed by atoms with Crippen molar-refractivity contribution in [1.29, 1.82) is 0 Å². The Morgan fingerprint density at radius 2 is 2.21 bits per heavy atom. The van der Waals surface area contributed by atoms with Gasteiger partial charge in [0.05, 0.1) is 5.69 Å². The first-order valence-electron chi connectivity index (χ1n) is 8.10. The summed E-state index contributed by atoms with van der Waals surface area (Å²) in [7, 11) is 0. The molecule has 0 saturated carbocycles. The number of nitrogens with zero attached hydrogens (tertiary/aromatic N) is 2. The molecule has 0 radical (unpaired) electrons. The molecule has 24 heavy (non-hydrogen) atoms. The highest BCUT2D eigenvalue weighted by Gasteiger charge is 2.20. The molecule has 0 saturated heterocycles. The number of aromatic nitrogens is 2. The number of carbonyl (C=O) groups excluding carboxylic acids is 1. The molecular weight excluding hydrogens is 320 g/mol. The number of rotatable bonds is 3. The van der Waals surface area contributed by atoms with Crippen molar-refractivity contribution in [3.05, 3.63) is 52.3 Å². The van der Waals surface area contributed by atoms with Crippen molar-refractivity contribution >= 4 is 33.1 Å². The summed E-state index contributed by atoms with van der Waals surface area (Å²) < 4.78 is 0. The molecule has 0 spiro atoms. The summed E-state index contributed by atoms with van der Waals surface area (Å²) in [4.78, 5) is 22.7. The summed E-state index contributed by atoms with van der Waals surface area (Å²) in [5.41, 5.74) is 10.2. The van der Waals surface area contributed by atoms with Gasteiger partial charge in [-0.25, -0.2) is 4.98 Å². The number of nitrogens with one attached hydrogen (secondary N) is 1. The average molecular weight is 338 g/mol. The monoisotopic (exact) mass is 338 g/mol. The van der Waals surface area contributed by atoms with E-state index in [2.05, 4.69) is 16.4 Å². The largest absolute Gasteiger partial charge is 0.397 e. The topological polar surface area (TPSA) is 80.9 Å². The quantitative estimate of drug-likeness (QED) is 0.769. The zero-order valence-corrected chi connectivity index (χ0v) is 14.0. The number of carbonyl (C=O) groups is 1. The standard InChI is InChI=1S/C18H18N4OS/c19-15-13-8-12-5-1-2-6-14(12)22-18(13)24-16(15)17(23)21-10-11-4-3-7-20-9-11/h3-4,7-9H,1-2,5-6,10,19H2,(H,21,23). The van der Waals surface area contributed by atoms with Crippen LogP contribution < -0.4 is 11.1 Å². The van der Waals surface area contributed by atoms with Crippen LogP contribution in [0.5, 0.6) is 0 Å². The van der Waals surface area contributed by atoms with Crippen molar-refractivity contribution < 1.29 is 4.79 Å². The van der Waals surface area contributed by atoms with Gasteiger partial charge in [-0.2, -0.15) is 0 Å². The Hall–Kier alpha value is -2.47. The summed E-state index contributed by atoms with van der Waals surface area (Å²) in [5, 5.41) is 3.82. The number of hydrogen-bond acceptors (Lipinski definition) is 5. The first kappa shape index (κ1) is 15.1. The highest BCUT2D eigenvalue weighted by Crippen LogP contribution is 2.35. The molecule has 0 aromatic carbocycles. The van der Waals surface area contributed by atoms with E-state index in [4.69, 9.17) is 10.7 Å². The molecule has 122 valence electrons. The average Bonchev–Trinajstić information content (AvgIpc) is 2.95. The van der Waals surface area contributed by atoms with Crippen LogP contribution in [0.3, 0.4) is 0 Å². The Kier molecular flexibility index (Phi) is 3.90. The molecule has 0 fully saturated rings. The lowest BCUT2D eigenvalue weighted by atomic mass is 9.95. The fraction of sp³-hybridized carbons (Fsp3) is 0.278. The van der Waals surface area contributed by atoms with Crippen molar-refractivity contribution in [2.45, 2.75) is 32.2 Å². The molecule has 4 rings (SSSR count). The lowest BCUT2D eigenvalue weighted by Gasteiger charge is -2.14. The molecule has 0 atom stereocenters. The van der Waals surface area contributed by atoms with Gasteiger partial charge in [0.15, 0.2) is 0 Å². The van der Waals surface area contributed by atoms with Gasteiger partial charge in [0, 0.05) is 30.0 Å². The minimum atomic E-state index is -0.155. The van der Waals surface area contributed by atoms with Crippen LogP contribution in [0.15, 0.2) is 30.6 Å². The van der Waals surface area contributed by atoms with E-state index in [1.165, 1.54) is 29.7 Å². The maximum Gasteiger partial charge on any atom is 0.263 e. The number of amides is 1. The van der Waals surface area contributed by atoms with E-state index in [1.807, 2.05) is 12.1 Å². The van der Waals surface area contributed by atoms with Crippen molar-refractivity contribution in [3.63, 3.8) is 0 Å². The van der Waals surface area contributed by atoms with E-state index >= 15 is 0 Å². The fourth-order valence-corrected chi connectivity index (χ4v) is 4.11. The summed E-state index contributed by atoms with van der Waals surface area (Å²) >= 11 is 1.38. The Balaban J connectivity index is 1.61. The summed E-state index contributed by atoms with van der Waals surface area (Å²) in [6.07, 6.45) is 7.90. The third-order valence-electron chi connectivity index (χ3n) is 4.38. The van der Waals surface area contributed by atoms with E-state index < -0.39 is 0 Å². The minimum Gasteiger partial charge on any atom is -0.397 e. The van der Waals surface area contributed by atoms with Gasteiger partial charge < -0.3 is 11.1 Å². The predicted molar refractivity (Wildman–Crippen MR) is 96.1 cm³/mol. The molecule has 6 heteroatoms. The number of hydrogen-bond donors (Lipinski definition) is 2. The van der Waals surface area contributed by atoms with Crippen LogP contribution in [0.25, 0.3) is 10.2 Å². The van der Waals surface area contributed by atoms with Crippen LogP contribution in [-0.4, -0.2) is 15.9 Å². The van der Waals surface area contributed by atoms with Crippen molar-refractivity contribution in [2.75, 3.05) is 5.73 Å². The molecule has 5 nitrogen and oxygen atoms in total. The van der Waals surface area contributed by atoms with Crippen LogP contribution in [0.1, 0.15) is 39.3 Å². The van der Waals surface area contributed by atoms with Crippen LogP contribution in [0.4, 0.5) is 5.69 Å². The maximum absolute atomic E-state index is 12.5. The number of aryl methyl sites for hydroxylation is 2. The number of thiophene rings is 1. The first-order valence-corrected chi connectivity index (χ1v) is 8.92. The normalized spacial score (nSPS) is 13.7. The molecule has 3 N–H and O–H groups in total. The second-order valence-corrected chi connectivity index (χ2v) is 7.04. The highest BCUT2D eigenvalue weighted by molar-refractivity contribution is 7.21. The Bertz CT molecular complexity index is 904. The Labute approximate surface area is 143 Å². The van der Waals surface area contributed by atoms with Crippen LogP contribution >= 0.6 is 11.3 Å². The summed E-state index contributed by atoms with van der Waals surface area (Å²) in [6, 6.07) is 5.90. The molecule has 0 aliphatic heterocycles. The zero-order valence-electron chi connectivity index (χ0n) is 13.2. The van der Waals surface area contributed by atoms with Gasteiger partial charge in [-0.1, -0.05) is 6.07 Å².